The minimum Gasteiger partial charge on any atom is -0.463 e. The second-order valence-electron chi connectivity index (χ2n) is 4.40. The minimum absolute atomic E-state index is 0.318. The van der Waals surface area contributed by atoms with E-state index < -0.39 is 42.6 Å². The number of rotatable bonds is 6. The molecule has 0 bridgehead atoms. The lowest BCUT2D eigenvalue weighted by atomic mass is 9.99. The Labute approximate surface area is 120 Å². The summed E-state index contributed by atoms with van der Waals surface area (Å²) in [6, 6.07) is 0. The average Bonchev–Trinajstić information content (AvgIpc) is 2.41. The molecule has 0 aromatic heterocycles. The minimum atomic E-state index is -1.51. The van der Waals surface area contributed by atoms with E-state index in [0.717, 1.165) is 6.92 Å². The summed E-state index contributed by atoms with van der Waals surface area (Å²) in [4.78, 5) is 32.1. The molecule has 0 amide bonds. The van der Waals surface area contributed by atoms with Crippen molar-refractivity contribution in [3.8, 4) is 0 Å². The molecular formula is C12H18O9. The number of aldehydes is 1. The normalized spacial score (nSPS) is 32.3. The van der Waals surface area contributed by atoms with Gasteiger partial charge in [-0.2, -0.15) is 0 Å². The van der Waals surface area contributed by atoms with Gasteiger partial charge in [-0.25, -0.2) is 0 Å². The third-order valence-corrected chi connectivity index (χ3v) is 2.73. The van der Waals surface area contributed by atoms with Gasteiger partial charge in [0.05, 0.1) is 0 Å². The predicted octanol–water partition coefficient (Wildman–Crippen LogP) is -1.86. The smallest absolute Gasteiger partial charge is 0.303 e. The molecule has 0 aliphatic carbocycles. The Hall–Kier alpha value is -1.55. The molecule has 5 unspecified atom stereocenters. The van der Waals surface area contributed by atoms with Crippen molar-refractivity contribution in [3.05, 3.63) is 0 Å². The lowest BCUT2D eigenvalue weighted by molar-refractivity contribution is -0.302. The largest absolute Gasteiger partial charge is 0.463 e. The molecule has 9 nitrogen and oxygen atoms in total. The number of aliphatic hydroxyl groups is 2. The molecule has 1 aliphatic heterocycles. The highest BCUT2D eigenvalue weighted by Crippen LogP contribution is 2.25. The van der Waals surface area contributed by atoms with E-state index in [0.29, 0.717) is 6.29 Å². The molecule has 0 saturated carbocycles. The van der Waals surface area contributed by atoms with Crippen LogP contribution in [0, 0.1) is 0 Å². The van der Waals surface area contributed by atoms with Crippen molar-refractivity contribution in [2.24, 2.45) is 0 Å². The molecular weight excluding hydrogens is 288 g/mol. The second kappa shape index (κ2) is 8.03. The molecule has 21 heavy (non-hydrogen) atoms. The fraction of sp³-hybridized carbons (Fsp3) is 0.750. The van der Waals surface area contributed by atoms with Crippen molar-refractivity contribution in [1.82, 2.24) is 0 Å². The number of esters is 2. The van der Waals surface area contributed by atoms with Gasteiger partial charge in [0.2, 0.25) is 0 Å². The van der Waals surface area contributed by atoms with Crippen molar-refractivity contribution in [2.75, 3.05) is 13.2 Å². The lowest BCUT2D eigenvalue weighted by Gasteiger charge is -2.41. The molecule has 1 aliphatic rings. The molecule has 0 spiro atoms. The zero-order chi connectivity index (χ0) is 16.0. The van der Waals surface area contributed by atoms with Crippen LogP contribution in [-0.4, -0.2) is 72.4 Å². The number of carbonyl (C=O) groups excluding carboxylic acids is 3. The molecule has 9 heteroatoms. The highest BCUT2D eigenvalue weighted by molar-refractivity contribution is 5.66. The molecule has 0 aromatic carbocycles. The van der Waals surface area contributed by atoms with Crippen molar-refractivity contribution in [1.29, 1.82) is 0 Å². The molecule has 5 atom stereocenters. The van der Waals surface area contributed by atoms with E-state index >= 15 is 0 Å². The van der Waals surface area contributed by atoms with Crippen molar-refractivity contribution < 1.29 is 43.5 Å². The Morgan fingerprint density at radius 1 is 1.19 bits per heavy atom. The van der Waals surface area contributed by atoms with Crippen molar-refractivity contribution in [3.63, 3.8) is 0 Å². The first-order valence-electron chi connectivity index (χ1n) is 6.24. The van der Waals surface area contributed by atoms with Gasteiger partial charge >= 0.3 is 11.9 Å². The van der Waals surface area contributed by atoms with Gasteiger partial charge < -0.3 is 34.0 Å². The fourth-order valence-electron chi connectivity index (χ4n) is 1.83. The van der Waals surface area contributed by atoms with E-state index in [1.807, 2.05) is 0 Å². The number of carbonyl (C=O) groups is 3. The molecule has 1 rings (SSSR count). The average molecular weight is 306 g/mol. The van der Waals surface area contributed by atoms with Gasteiger partial charge in [-0.3, -0.25) is 9.59 Å². The van der Waals surface area contributed by atoms with E-state index in [2.05, 4.69) is 0 Å². The number of hydrogen-bond donors (Lipinski definition) is 2. The zero-order valence-corrected chi connectivity index (χ0v) is 11.6. The van der Waals surface area contributed by atoms with E-state index in [1.165, 1.54) is 6.92 Å². The maximum absolute atomic E-state index is 11.0. The predicted molar refractivity (Wildman–Crippen MR) is 64.9 cm³/mol. The zero-order valence-electron chi connectivity index (χ0n) is 11.6. The second-order valence-corrected chi connectivity index (χ2v) is 4.40. The highest BCUT2D eigenvalue weighted by Gasteiger charge is 2.47. The molecule has 2 N–H and O–H groups in total. The summed E-state index contributed by atoms with van der Waals surface area (Å²) in [5.41, 5.74) is 0. The maximum Gasteiger partial charge on any atom is 0.303 e. The van der Waals surface area contributed by atoms with Crippen LogP contribution >= 0.6 is 0 Å². The quantitative estimate of drug-likeness (QED) is 0.429. The van der Waals surface area contributed by atoms with Crippen LogP contribution in [0.15, 0.2) is 0 Å². The first-order chi connectivity index (χ1) is 9.86. The van der Waals surface area contributed by atoms with E-state index in [9.17, 15) is 24.6 Å². The van der Waals surface area contributed by atoms with Crippen LogP contribution in [0.4, 0.5) is 0 Å². The molecule has 120 valence electrons. The van der Waals surface area contributed by atoms with Gasteiger partial charge in [-0.15, -0.1) is 0 Å². The lowest BCUT2D eigenvalue weighted by Crippen LogP contribution is -2.60. The van der Waals surface area contributed by atoms with Crippen LogP contribution in [0.1, 0.15) is 13.8 Å². The Balaban J connectivity index is 2.79. The van der Waals surface area contributed by atoms with Crippen molar-refractivity contribution >= 4 is 18.2 Å². The van der Waals surface area contributed by atoms with Crippen molar-refractivity contribution in [2.45, 2.75) is 44.6 Å². The molecule has 1 fully saturated rings. The summed E-state index contributed by atoms with van der Waals surface area (Å²) in [6.45, 7) is 1.61. The summed E-state index contributed by atoms with van der Waals surface area (Å²) in [6.07, 6.45) is -6.16. The summed E-state index contributed by atoms with van der Waals surface area (Å²) in [5.74, 6) is -1.30. The van der Waals surface area contributed by atoms with E-state index in [4.69, 9.17) is 18.9 Å². The summed E-state index contributed by atoms with van der Waals surface area (Å²) < 4.78 is 19.8. The summed E-state index contributed by atoms with van der Waals surface area (Å²) in [7, 11) is 0. The van der Waals surface area contributed by atoms with Gasteiger partial charge in [-0.1, -0.05) is 0 Å². The van der Waals surface area contributed by atoms with Crippen LogP contribution in [-0.2, 0) is 33.3 Å². The van der Waals surface area contributed by atoms with Gasteiger partial charge in [0.1, 0.15) is 37.8 Å². The molecule has 0 aromatic rings. The SMILES string of the molecule is CC(=O)OCC1OC(OCC=O)C(OC(C)=O)C(O)C1O. The summed E-state index contributed by atoms with van der Waals surface area (Å²) >= 11 is 0. The topological polar surface area (TPSA) is 129 Å². The first kappa shape index (κ1) is 17.5. The van der Waals surface area contributed by atoms with Gasteiger partial charge in [0.15, 0.2) is 12.4 Å². The van der Waals surface area contributed by atoms with Gasteiger partial charge in [-0.05, 0) is 0 Å². The first-order valence-corrected chi connectivity index (χ1v) is 6.24. The Kier molecular flexibility index (Phi) is 6.69. The van der Waals surface area contributed by atoms with Crippen LogP contribution in [0.5, 0.6) is 0 Å². The standard InChI is InChI=1S/C12H18O9/c1-6(14)19-5-8-9(16)10(17)11(20-7(2)15)12(21-8)18-4-3-13/h3,8-12,16-17H,4-5H2,1-2H3. The molecule has 1 saturated heterocycles. The summed E-state index contributed by atoms with van der Waals surface area (Å²) in [5, 5.41) is 19.9. The number of aliphatic hydroxyl groups excluding tert-OH is 2. The van der Waals surface area contributed by atoms with Crippen LogP contribution < -0.4 is 0 Å². The van der Waals surface area contributed by atoms with Gasteiger partial charge in [0, 0.05) is 13.8 Å². The number of hydrogen-bond acceptors (Lipinski definition) is 9. The van der Waals surface area contributed by atoms with Crippen LogP contribution in [0.25, 0.3) is 0 Å². The Morgan fingerprint density at radius 3 is 2.38 bits per heavy atom. The van der Waals surface area contributed by atoms with Gasteiger partial charge in [0.25, 0.3) is 0 Å². The monoisotopic (exact) mass is 306 g/mol. The van der Waals surface area contributed by atoms with E-state index in [1.54, 1.807) is 0 Å². The highest BCUT2D eigenvalue weighted by atomic mass is 16.7. The Bertz CT molecular complexity index is 381. The molecule has 0 radical (unpaired) electrons. The van der Waals surface area contributed by atoms with Crippen LogP contribution in [0.2, 0.25) is 0 Å². The fourth-order valence-corrected chi connectivity index (χ4v) is 1.83. The Morgan fingerprint density at radius 2 is 1.86 bits per heavy atom. The van der Waals surface area contributed by atoms with E-state index in [-0.39, 0.29) is 13.2 Å². The maximum atomic E-state index is 11.0. The molecule has 1 heterocycles. The third-order valence-electron chi connectivity index (χ3n) is 2.73. The number of ether oxygens (including phenoxy) is 4. The third kappa shape index (κ3) is 5.05. The van der Waals surface area contributed by atoms with Crippen LogP contribution in [0.3, 0.4) is 0 Å².